The number of carboxylic acids is 1. The van der Waals surface area contributed by atoms with E-state index in [1.54, 1.807) is 12.1 Å². The highest BCUT2D eigenvalue weighted by Gasteiger charge is 2.39. The van der Waals surface area contributed by atoms with Gasteiger partial charge in [0.25, 0.3) is 0 Å². The van der Waals surface area contributed by atoms with Gasteiger partial charge in [-0.3, -0.25) is 9.69 Å². The van der Waals surface area contributed by atoms with E-state index in [0.29, 0.717) is 42.3 Å². The summed E-state index contributed by atoms with van der Waals surface area (Å²) < 4.78 is 0. The average molecular weight is 344 g/mol. The second kappa shape index (κ2) is 7.56. The van der Waals surface area contributed by atoms with E-state index in [1.807, 2.05) is 12.1 Å². The molecule has 2 atom stereocenters. The van der Waals surface area contributed by atoms with Crippen molar-refractivity contribution in [1.29, 1.82) is 0 Å². The zero-order valence-corrected chi connectivity index (χ0v) is 15.1. The fourth-order valence-electron chi connectivity index (χ4n) is 4.31. The molecule has 2 aliphatic rings. The molecule has 2 aliphatic heterocycles. The molecule has 136 valence electrons. The van der Waals surface area contributed by atoms with Gasteiger partial charge in [0.2, 0.25) is 5.91 Å². The molecule has 1 aromatic rings. The Morgan fingerprint density at radius 3 is 2.76 bits per heavy atom. The molecule has 25 heavy (non-hydrogen) atoms. The zero-order valence-electron chi connectivity index (χ0n) is 15.1. The van der Waals surface area contributed by atoms with Gasteiger partial charge in [-0.2, -0.15) is 0 Å². The first-order chi connectivity index (χ1) is 12.0. The molecular formula is C20H28N2O3. The van der Waals surface area contributed by atoms with E-state index in [2.05, 4.69) is 23.6 Å². The number of amides is 1. The van der Waals surface area contributed by atoms with Crippen molar-refractivity contribution in [3.8, 4) is 0 Å². The third-order valence-electron chi connectivity index (χ3n) is 5.43. The van der Waals surface area contributed by atoms with Gasteiger partial charge in [0.05, 0.1) is 5.56 Å². The van der Waals surface area contributed by atoms with Crippen molar-refractivity contribution < 1.29 is 14.7 Å². The lowest BCUT2D eigenvalue weighted by atomic mass is 9.83. The van der Waals surface area contributed by atoms with Crippen molar-refractivity contribution in [2.45, 2.75) is 45.7 Å². The Balaban J connectivity index is 1.68. The van der Waals surface area contributed by atoms with Crippen LogP contribution in [0, 0.1) is 11.8 Å². The number of carbonyl (C=O) groups excluding carboxylic acids is 1. The molecule has 0 radical (unpaired) electrons. The molecule has 0 unspecified atom stereocenters. The predicted molar refractivity (Wildman–Crippen MR) is 96.4 cm³/mol. The molecule has 2 fully saturated rings. The first-order valence-electron chi connectivity index (χ1n) is 9.28. The largest absolute Gasteiger partial charge is 0.478 e. The number of aromatic carboxylic acids is 1. The van der Waals surface area contributed by atoms with Crippen LogP contribution >= 0.6 is 0 Å². The normalized spacial score (nSPS) is 24.4. The average Bonchev–Trinajstić information content (AvgIpc) is 2.57. The van der Waals surface area contributed by atoms with Gasteiger partial charge in [0.1, 0.15) is 0 Å². The lowest BCUT2D eigenvalue weighted by molar-refractivity contribution is -0.142. The van der Waals surface area contributed by atoms with Crippen LogP contribution in [0.25, 0.3) is 0 Å². The van der Waals surface area contributed by atoms with Crippen molar-refractivity contribution in [3.63, 3.8) is 0 Å². The summed E-state index contributed by atoms with van der Waals surface area (Å²) in [6, 6.07) is 7.61. The summed E-state index contributed by atoms with van der Waals surface area (Å²) in [5, 5.41) is 9.37. The molecule has 0 aliphatic carbocycles. The third kappa shape index (κ3) is 4.03. The number of piperidine rings is 2. The van der Waals surface area contributed by atoms with Crippen molar-refractivity contribution in [1.82, 2.24) is 9.80 Å². The molecule has 2 saturated heterocycles. The molecule has 3 rings (SSSR count). The van der Waals surface area contributed by atoms with Gasteiger partial charge in [-0.15, -0.1) is 0 Å². The number of likely N-dealkylation sites (tertiary alicyclic amines) is 2. The number of carbonyl (C=O) groups is 2. The molecule has 2 heterocycles. The van der Waals surface area contributed by atoms with Gasteiger partial charge in [-0.05, 0) is 36.3 Å². The Hall–Kier alpha value is -1.88. The van der Waals surface area contributed by atoms with Crippen LogP contribution in [0.15, 0.2) is 24.3 Å². The maximum atomic E-state index is 12.3. The molecular weight excluding hydrogens is 316 g/mol. The number of fused-ring (bicyclic) bond motifs is 1. The highest BCUT2D eigenvalue weighted by atomic mass is 16.4. The van der Waals surface area contributed by atoms with E-state index < -0.39 is 5.97 Å². The second-order valence-corrected chi connectivity index (χ2v) is 7.79. The first-order valence-corrected chi connectivity index (χ1v) is 9.28. The lowest BCUT2D eigenvalue weighted by Crippen LogP contribution is -2.56. The first kappa shape index (κ1) is 17.9. The molecule has 0 aromatic heterocycles. The van der Waals surface area contributed by atoms with E-state index in [0.717, 1.165) is 38.0 Å². The minimum atomic E-state index is -0.864. The van der Waals surface area contributed by atoms with Crippen molar-refractivity contribution in [2.75, 3.05) is 19.6 Å². The number of hydrogen-bond acceptors (Lipinski definition) is 3. The van der Waals surface area contributed by atoms with Crippen LogP contribution in [0.3, 0.4) is 0 Å². The number of benzene rings is 1. The quantitative estimate of drug-likeness (QED) is 0.892. The van der Waals surface area contributed by atoms with Gasteiger partial charge < -0.3 is 10.0 Å². The second-order valence-electron chi connectivity index (χ2n) is 7.79. The maximum absolute atomic E-state index is 12.3. The molecule has 1 N–H and O–H groups in total. The molecule has 5 nitrogen and oxygen atoms in total. The van der Waals surface area contributed by atoms with Gasteiger partial charge >= 0.3 is 5.97 Å². The summed E-state index contributed by atoms with van der Waals surface area (Å²) >= 11 is 0. The molecule has 1 amide bonds. The topological polar surface area (TPSA) is 60.9 Å². The maximum Gasteiger partial charge on any atom is 0.336 e. The number of carboxylic acid groups (broad SMARTS) is 1. The fourth-order valence-corrected chi connectivity index (χ4v) is 4.31. The number of nitrogens with zero attached hydrogens (tertiary/aromatic N) is 2. The smallest absolute Gasteiger partial charge is 0.336 e. The summed E-state index contributed by atoms with van der Waals surface area (Å²) in [5.74, 6) is 0.432. The summed E-state index contributed by atoms with van der Waals surface area (Å²) in [4.78, 5) is 28.2. The van der Waals surface area contributed by atoms with E-state index in [1.165, 1.54) is 0 Å². The van der Waals surface area contributed by atoms with Crippen molar-refractivity contribution in [3.05, 3.63) is 35.4 Å². The molecule has 0 bridgehead atoms. The van der Waals surface area contributed by atoms with E-state index in [9.17, 15) is 14.7 Å². The van der Waals surface area contributed by atoms with Crippen LogP contribution in [0.4, 0.5) is 0 Å². The number of rotatable bonds is 5. The van der Waals surface area contributed by atoms with E-state index in [-0.39, 0.29) is 0 Å². The van der Waals surface area contributed by atoms with Crippen LogP contribution in [0.2, 0.25) is 0 Å². The predicted octanol–water partition coefficient (Wildman–Crippen LogP) is 2.85. The third-order valence-corrected chi connectivity index (χ3v) is 5.43. The van der Waals surface area contributed by atoms with Crippen LogP contribution in [-0.2, 0) is 11.3 Å². The number of hydrogen-bond donors (Lipinski definition) is 1. The Labute approximate surface area is 149 Å². The molecule has 1 aromatic carbocycles. The highest BCUT2D eigenvalue weighted by Crippen LogP contribution is 2.32. The van der Waals surface area contributed by atoms with E-state index >= 15 is 0 Å². The van der Waals surface area contributed by atoms with Gasteiger partial charge in [-0.25, -0.2) is 4.79 Å². The summed E-state index contributed by atoms with van der Waals surface area (Å²) in [7, 11) is 0. The standard InChI is InChI=1S/C20H28N2O3/c1-14(2)11-22-18-9-10-21(13-16(18)7-8-19(22)23)12-15-5-3-4-6-17(15)20(24)25/h3-6,14,16,18H,7-13H2,1-2H3,(H,24,25)/t16-,18+/m0/s1. The Morgan fingerprint density at radius 2 is 2.04 bits per heavy atom. The zero-order chi connectivity index (χ0) is 18.0. The van der Waals surface area contributed by atoms with Gasteiger partial charge in [0, 0.05) is 38.6 Å². The molecule has 0 spiro atoms. The lowest BCUT2D eigenvalue weighted by Gasteiger charge is -2.47. The van der Waals surface area contributed by atoms with Crippen molar-refractivity contribution >= 4 is 11.9 Å². The van der Waals surface area contributed by atoms with Crippen LogP contribution in [0.5, 0.6) is 0 Å². The van der Waals surface area contributed by atoms with Crippen LogP contribution < -0.4 is 0 Å². The highest BCUT2D eigenvalue weighted by molar-refractivity contribution is 5.89. The van der Waals surface area contributed by atoms with Gasteiger partial charge in [0.15, 0.2) is 0 Å². The Kier molecular flexibility index (Phi) is 5.42. The molecule has 0 saturated carbocycles. The van der Waals surface area contributed by atoms with Crippen LogP contribution in [0.1, 0.15) is 49.0 Å². The minimum absolute atomic E-state index is 0.305. The minimum Gasteiger partial charge on any atom is -0.478 e. The summed E-state index contributed by atoms with van der Waals surface area (Å²) in [6.07, 6.45) is 2.58. The van der Waals surface area contributed by atoms with Gasteiger partial charge in [-0.1, -0.05) is 32.0 Å². The fraction of sp³-hybridized carbons (Fsp3) is 0.600. The monoisotopic (exact) mass is 344 g/mol. The van der Waals surface area contributed by atoms with Crippen LogP contribution in [-0.4, -0.2) is 52.5 Å². The summed E-state index contributed by atoms with van der Waals surface area (Å²) in [6.45, 7) is 7.70. The Bertz CT molecular complexity index is 644. The summed E-state index contributed by atoms with van der Waals surface area (Å²) in [5.41, 5.74) is 1.27. The Morgan fingerprint density at radius 1 is 1.28 bits per heavy atom. The van der Waals surface area contributed by atoms with Crippen molar-refractivity contribution in [2.24, 2.45) is 11.8 Å². The van der Waals surface area contributed by atoms with E-state index in [4.69, 9.17) is 0 Å². The molecule has 5 heteroatoms. The SMILES string of the molecule is CC(C)CN1C(=O)CC[C@H]2CN(Cc3ccccc3C(=O)O)CC[C@H]21.